The van der Waals surface area contributed by atoms with Crippen molar-refractivity contribution < 1.29 is 47.8 Å². The van der Waals surface area contributed by atoms with Gasteiger partial charge in [0.2, 0.25) is 0 Å². The van der Waals surface area contributed by atoms with Gasteiger partial charge in [0.05, 0.1) is 19.8 Å². The third-order valence-electron chi connectivity index (χ3n) is 11.6. The van der Waals surface area contributed by atoms with Gasteiger partial charge in [0.25, 0.3) is 0 Å². The molecule has 0 aliphatic heterocycles. The Morgan fingerprint density at radius 1 is 0.476 bits per heavy atom. The molecule has 0 spiro atoms. The fourth-order valence-corrected chi connectivity index (χ4v) is 8.35. The lowest BCUT2D eigenvalue weighted by Gasteiger charge is -2.20. The molecule has 1 unspecified atom stereocenters. The van der Waals surface area contributed by atoms with Crippen molar-refractivity contribution in [2.45, 2.75) is 270 Å². The second kappa shape index (κ2) is 48.4. The molecule has 0 bridgehead atoms. The lowest BCUT2D eigenvalue weighted by atomic mass is 10.0. The van der Waals surface area contributed by atoms with Crippen LogP contribution in [-0.4, -0.2) is 65.7 Å². The molecule has 0 aromatic rings. The Morgan fingerprint density at radius 3 is 1.25 bits per heavy atom. The fourth-order valence-electron chi connectivity index (χ4n) is 7.56. The van der Waals surface area contributed by atoms with Crippen molar-refractivity contribution in [1.82, 2.24) is 0 Å². The average molecular weight is 915 g/mol. The third-order valence-corrected chi connectivity index (χ3v) is 12.6. The number of aliphatic hydroxyl groups is 2. The molecule has 0 aromatic heterocycles. The number of carbonyl (C=O) groups excluding carboxylic acids is 2. The standard InChI is InChI=1S/C52H99O10P/c1-3-5-7-9-11-13-15-17-19-21-23-24-26-28-30-32-34-36-38-40-42-44-52(56)62-50(48-61-63(57,58)60-46-49(54)45-53)47-59-51(55)43-41-39-37-35-33-31-29-27-25-22-20-18-16-14-12-10-8-6-4-2/h12,14,18,20,49-50,53-54H,3-11,13,15-17,19,21-48H2,1-2H3,(H,57,58)/b14-12+,20-18+/t49-,50+/m0/s1. The minimum atomic E-state index is -4.62. The fraction of sp³-hybridized carbons (Fsp3) is 0.885. The summed E-state index contributed by atoms with van der Waals surface area (Å²) in [5.41, 5.74) is 0. The monoisotopic (exact) mass is 915 g/mol. The molecular weight excluding hydrogens is 816 g/mol. The van der Waals surface area contributed by atoms with E-state index in [1.54, 1.807) is 0 Å². The van der Waals surface area contributed by atoms with E-state index in [0.717, 1.165) is 51.4 Å². The summed E-state index contributed by atoms with van der Waals surface area (Å²) in [5.74, 6) is -0.915. The van der Waals surface area contributed by atoms with Gasteiger partial charge in [-0.2, -0.15) is 0 Å². The van der Waals surface area contributed by atoms with Gasteiger partial charge in [0.1, 0.15) is 12.7 Å². The smallest absolute Gasteiger partial charge is 0.462 e. The van der Waals surface area contributed by atoms with Crippen molar-refractivity contribution in [3.8, 4) is 0 Å². The second-order valence-electron chi connectivity index (χ2n) is 17.9. The number of hydrogen-bond acceptors (Lipinski definition) is 9. The highest BCUT2D eigenvalue weighted by Gasteiger charge is 2.27. The highest BCUT2D eigenvalue weighted by Crippen LogP contribution is 2.43. The van der Waals surface area contributed by atoms with Crippen LogP contribution in [-0.2, 0) is 32.7 Å². The van der Waals surface area contributed by atoms with Crippen LogP contribution in [0.25, 0.3) is 0 Å². The van der Waals surface area contributed by atoms with Crippen molar-refractivity contribution in [3.05, 3.63) is 24.3 Å². The summed E-state index contributed by atoms with van der Waals surface area (Å²) in [6, 6.07) is 0. The van der Waals surface area contributed by atoms with Crippen molar-refractivity contribution in [2.75, 3.05) is 26.4 Å². The van der Waals surface area contributed by atoms with Crippen LogP contribution in [0.3, 0.4) is 0 Å². The zero-order valence-electron chi connectivity index (χ0n) is 40.8. The second-order valence-corrected chi connectivity index (χ2v) is 19.4. The highest BCUT2D eigenvalue weighted by molar-refractivity contribution is 7.47. The molecule has 3 atom stereocenters. The molecule has 11 heteroatoms. The maximum Gasteiger partial charge on any atom is 0.472 e. The Hall–Kier alpha value is -1.55. The molecule has 0 aliphatic rings. The summed E-state index contributed by atoms with van der Waals surface area (Å²) in [6.45, 7) is 2.41. The summed E-state index contributed by atoms with van der Waals surface area (Å²) < 4.78 is 32.9. The lowest BCUT2D eigenvalue weighted by Crippen LogP contribution is -2.29. The van der Waals surface area contributed by atoms with E-state index in [9.17, 15) is 24.2 Å². The normalized spacial score (nSPS) is 13.8. The molecule has 0 radical (unpaired) electrons. The zero-order chi connectivity index (χ0) is 46.2. The summed E-state index contributed by atoms with van der Waals surface area (Å²) in [5, 5.41) is 18.4. The molecular formula is C52H99O10P. The van der Waals surface area contributed by atoms with E-state index >= 15 is 0 Å². The lowest BCUT2D eigenvalue weighted by molar-refractivity contribution is -0.161. The molecule has 0 saturated carbocycles. The molecule has 0 saturated heterocycles. The SMILES string of the molecule is CCCCC/C=C/C/C=C/CCCCCCCCCCCC(=O)OC[C@H](COP(=O)(O)OC[C@@H](O)CO)OC(=O)CCCCCCCCCCCCCCCCCCCCCCC. The molecule has 0 aromatic carbocycles. The van der Waals surface area contributed by atoms with Gasteiger partial charge in [-0.25, -0.2) is 4.57 Å². The number of aliphatic hydroxyl groups excluding tert-OH is 2. The summed E-state index contributed by atoms with van der Waals surface area (Å²) in [7, 11) is -4.62. The molecule has 63 heavy (non-hydrogen) atoms. The number of phosphoric ester groups is 1. The maximum absolute atomic E-state index is 12.7. The number of allylic oxidation sites excluding steroid dienone is 4. The van der Waals surface area contributed by atoms with Crippen LogP contribution in [0.15, 0.2) is 24.3 Å². The Labute approximate surface area is 387 Å². The van der Waals surface area contributed by atoms with E-state index in [2.05, 4.69) is 38.2 Å². The number of carbonyl (C=O) groups is 2. The van der Waals surface area contributed by atoms with Crippen LogP contribution < -0.4 is 0 Å². The average Bonchev–Trinajstić information content (AvgIpc) is 3.27. The first kappa shape index (κ1) is 61.5. The predicted octanol–water partition coefficient (Wildman–Crippen LogP) is 14.9. The summed E-state index contributed by atoms with van der Waals surface area (Å²) >= 11 is 0. The van der Waals surface area contributed by atoms with Crippen molar-refractivity contribution >= 4 is 19.8 Å². The summed E-state index contributed by atoms with van der Waals surface area (Å²) in [6.07, 6.45) is 51.4. The highest BCUT2D eigenvalue weighted by atomic mass is 31.2. The van der Waals surface area contributed by atoms with Crippen LogP contribution in [0.2, 0.25) is 0 Å². The van der Waals surface area contributed by atoms with Crippen LogP contribution in [0.5, 0.6) is 0 Å². The number of unbranched alkanes of at least 4 members (excludes halogenated alkanes) is 32. The van der Waals surface area contributed by atoms with Gasteiger partial charge in [0.15, 0.2) is 6.10 Å². The Kier molecular flexibility index (Phi) is 47.2. The summed E-state index contributed by atoms with van der Waals surface area (Å²) in [4.78, 5) is 35.2. The van der Waals surface area contributed by atoms with Gasteiger partial charge in [-0.1, -0.05) is 224 Å². The van der Waals surface area contributed by atoms with Crippen molar-refractivity contribution in [3.63, 3.8) is 0 Å². The van der Waals surface area contributed by atoms with Crippen LogP contribution in [0.1, 0.15) is 258 Å². The number of ether oxygens (including phenoxy) is 2. The molecule has 0 heterocycles. The number of hydrogen-bond donors (Lipinski definition) is 3. The predicted molar refractivity (Wildman–Crippen MR) is 261 cm³/mol. The van der Waals surface area contributed by atoms with E-state index in [1.165, 1.54) is 167 Å². The quantitative estimate of drug-likeness (QED) is 0.0233. The third kappa shape index (κ3) is 48.2. The first-order valence-corrected chi connectivity index (χ1v) is 27.8. The zero-order valence-corrected chi connectivity index (χ0v) is 41.7. The molecule has 372 valence electrons. The van der Waals surface area contributed by atoms with Crippen molar-refractivity contribution in [1.29, 1.82) is 0 Å². The van der Waals surface area contributed by atoms with Crippen molar-refractivity contribution in [2.24, 2.45) is 0 Å². The van der Waals surface area contributed by atoms with Gasteiger partial charge >= 0.3 is 19.8 Å². The maximum atomic E-state index is 12.7. The number of rotatable bonds is 50. The molecule has 3 N–H and O–H groups in total. The van der Waals surface area contributed by atoms with Gasteiger partial charge in [-0.15, -0.1) is 0 Å². The van der Waals surface area contributed by atoms with E-state index < -0.39 is 51.8 Å². The van der Waals surface area contributed by atoms with Crippen LogP contribution in [0, 0.1) is 0 Å². The van der Waals surface area contributed by atoms with Crippen LogP contribution in [0.4, 0.5) is 0 Å². The molecule has 0 fully saturated rings. The molecule has 0 aliphatic carbocycles. The van der Waals surface area contributed by atoms with Gasteiger partial charge in [0, 0.05) is 12.8 Å². The van der Waals surface area contributed by atoms with E-state index in [-0.39, 0.29) is 19.4 Å². The van der Waals surface area contributed by atoms with Gasteiger partial charge < -0.3 is 24.6 Å². The Bertz CT molecular complexity index is 1100. The first-order valence-electron chi connectivity index (χ1n) is 26.3. The van der Waals surface area contributed by atoms with E-state index in [0.29, 0.717) is 12.8 Å². The number of phosphoric acid groups is 1. The van der Waals surface area contributed by atoms with Gasteiger partial charge in [-0.3, -0.25) is 18.6 Å². The topological polar surface area (TPSA) is 149 Å². The van der Waals surface area contributed by atoms with Crippen LogP contribution >= 0.6 is 7.82 Å². The minimum absolute atomic E-state index is 0.189. The van der Waals surface area contributed by atoms with E-state index in [1.807, 2.05) is 0 Å². The minimum Gasteiger partial charge on any atom is -0.462 e. The first-order chi connectivity index (χ1) is 30.7. The molecule has 10 nitrogen and oxygen atoms in total. The number of esters is 2. The van der Waals surface area contributed by atoms with Gasteiger partial charge in [-0.05, 0) is 44.9 Å². The largest absolute Gasteiger partial charge is 0.472 e. The molecule has 0 amide bonds. The van der Waals surface area contributed by atoms with E-state index in [4.69, 9.17) is 23.6 Å². The Balaban J connectivity index is 4.14. The Morgan fingerprint density at radius 2 is 0.825 bits per heavy atom. The molecule has 0 rings (SSSR count).